The van der Waals surface area contributed by atoms with Gasteiger partial charge >= 0.3 is 0 Å². The summed E-state index contributed by atoms with van der Waals surface area (Å²) in [4.78, 5) is 2.45. The first-order chi connectivity index (χ1) is 28.3. The van der Waals surface area contributed by atoms with Crippen LogP contribution in [0.15, 0.2) is 224 Å². The number of benzene rings is 11. The van der Waals surface area contributed by atoms with Crippen LogP contribution >= 0.6 is 0 Å². The van der Waals surface area contributed by atoms with Gasteiger partial charge in [-0.3, -0.25) is 0 Å². The molecule has 0 N–H and O–H groups in total. The molecule has 0 fully saturated rings. The van der Waals surface area contributed by atoms with Crippen molar-refractivity contribution in [3.8, 4) is 33.4 Å². The van der Waals surface area contributed by atoms with Crippen LogP contribution in [0.2, 0.25) is 0 Å². The van der Waals surface area contributed by atoms with Crippen molar-refractivity contribution < 1.29 is 0 Å². The molecule has 1 nitrogen and oxygen atoms in total. The molecule has 0 unspecified atom stereocenters. The molecule has 11 aromatic rings. The molecular weight excluding hydrogens is 687 g/mol. The molecule has 0 saturated heterocycles. The average molecular weight is 724 g/mol. The van der Waals surface area contributed by atoms with Crippen LogP contribution < -0.4 is 4.90 Å². The molecule has 11 rings (SSSR count). The van der Waals surface area contributed by atoms with E-state index in [-0.39, 0.29) is 0 Å². The second kappa shape index (κ2) is 13.7. The summed E-state index contributed by atoms with van der Waals surface area (Å²) >= 11 is 0. The van der Waals surface area contributed by atoms with E-state index in [1.54, 1.807) is 0 Å². The smallest absolute Gasteiger partial charge is 0.0546 e. The molecule has 0 aliphatic carbocycles. The maximum Gasteiger partial charge on any atom is 0.0546 e. The summed E-state index contributed by atoms with van der Waals surface area (Å²) in [7, 11) is 0. The van der Waals surface area contributed by atoms with E-state index >= 15 is 0 Å². The van der Waals surface area contributed by atoms with Crippen LogP contribution in [0.5, 0.6) is 0 Å². The Hall–Kier alpha value is -7.48. The minimum absolute atomic E-state index is 1.10. The zero-order valence-electron chi connectivity index (χ0n) is 31.3. The molecular formula is C56H37N. The SMILES string of the molecule is c1cc(-c2ccc(N(c3cccc(-c4cccc5ccccc45)c3)c3cccc4c5ccccc5c5ccccc5c34)cc2)cc(-c2cccc3ccccc23)c1. The molecule has 0 aliphatic rings. The number of hydrogen-bond acceptors (Lipinski definition) is 1. The van der Waals surface area contributed by atoms with Crippen molar-refractivity contribution >= 4 is 70.9 Å². The Morgan fingerprint density at radius 3 is 1.32 bits per heavy atom. The van der Waals surface area contributed by atoms with Gasteiger partial charge in [-0.2, -0.15) is 0 Å². The van der Waals surface area contributed by atoms with Crippen LogP contribution in [-0.2, 0) is 0 Å². The molecule has 0 saturated carbocycles. The van der Waals surface area contributed by atoms with Crippen molar-refractivity contribution in [3.05, 3.63) is 224 Å². The van der Waals surface area contributed by atoms with E-state index in [4.69, 9.17) is 0 Å². The van der Waals surface area contributed by atoms with Gasteiger partial charge in [0.2, 0.25) is 0 Å². The Balaban J connectivity index is 1.10. The molecule has 1 heteroatoms. The molecule has 0 amide bonds. The number of anilines is 3. The van der Waals surface area contributed by atoms with Crippen LogP contribution in [0.25, 0.3) is 87.2 Å². The highest BCUT2D eigenvalue weighted by atomic mass is 15.1. The van der Waals surface area contributed by atoms with E-state index in [1.807, 2.05) is 0 Å². The van der Waals surface area contributed by atoms with Crippen molar-refractivity contribution in [2.24, 2.45) is 0 Å². The zero-order chi connectivity index (χ0) is 37.7. The highest BCUT2D eigenvalue weighted by Gasteiger charge is 2.20. The van der Waals surface area contributed by atoms with Crippen LogP contribution in [0.4, 0.5) is 17.1 Å². The first kappa shape index (κ1) is 32.9. The highest BCUT2D eigenvalue weighted by molar-refractivity contribution is 6.28. The van der Waals surface area contributed by atoms with Gasteiger partial charge in [0.1, 0.15) is 0 Å². The number of nitrogens with zero attached hydrogens (tertiary/aromatic N) is 1. The van der Waals surface area contributed by atoms with Crippen molar-refractivity contribution in [2.45, 2.75) is 0 Å². The van der Waals surface area contributed by atoms with Crippen LogP contribution in [0, 0.1) is 0 Å². The maximum atomic E-state index is 2.45. The third-order valence-electron chi connectivity index (χ3n) is 11.6. The molecule has 0 spiro atoms. The van der Waals surface area contributed by atoms with Gasteiger partial charge in [0.25, 0.3) is 0 Å². The molecule has 0 bridgehead atoms. The van der Waals surface area contributed by atoms with Gasteiger partial charge in [0.15, 0.2) is 0 Å². The normalized spacial score (nSPS) is 11.5. The van der Waals surface area contributed by atoms with Gasteiger partial charge in [0, 0.05) is 16.8 Å². The van der Waals surface area contributed by atoms with Crippen LogP contribution in [-0.4, -0.2) is 0 Å². The number of rotatable bonds is 6. The minimum Gasteiger partial charge on any atom is -0.310 e. The van der Waals surface area contributed by atoms with Crippen molar-refractivity contribution in [1.82, 2.24) is 0 Å². The summed E-state index contributed by atoms with van der Waals surface area (Å²) in [6.45, 7) is 0. The summed E-state index contributed by atoms with van der Waals surface area (Å²) in [5.41, 5.74) is 10.6. The van der Waals surface area contributed by atoms with Gasteiger partial charge in [-0.05, 0) is 118 Å². The maximum absolute atomic E-state index is 2.45. The summed E-state index contributed by atoms with van der Waals surface area (Å²) in [6.07, 6.45) is 0. The van der Waals surface area contributed by atoms with Crippen molar-refractivity contribution in [1.29, 1.82) is 0 Å². The molecule has 0 radical (unpaired) electrons. The monoisotopic (exact) mass is 723 g/mol. The van der Waals surface area contributed by atoms with E-state index in [0.29, 0.717) is 0 Å². The number of hydrogen-bond donors (Lipinski definition) is 0. The molecule has 0 aliphatic heterocycles. The van der Waals surface area contributed by atoms with E-state index in [9.17, 15) is 0 Å². The van der Waals surface area contributed by atoms with E-state index in [0.717, 1.165) is 17.1 Å². The Kier molecular flexibility index (Phi) is 7.89. The Bertz CT molecular complexity index is 3250. The fraction of sp³-hybridized carbons (Fsp3) is 0. The topological polar surface area (TPSA) is 3.24 Å². The molecule has 11 aromatic carbocycles. The molecule has 0 heterocycles. The van der Waals surface area contributed by atoms with E-state index < -0.39 is 0 Å². The largest absolute Gasteiger partial charge is 0.310 e. The average Bonchev–Trinajstić information content (AvgIpc) is 3.29. The van der Waals surface area contributed by atoms with Crippen LogP contribution in [0.3, 0.4) is 0 Å². The van der Waals surface area contributed by atoms with Crippen molar-refractivity contribution in [2.75, 3.05) is 4.90 Å². The second-order valence-electron chi connectivity index (χ2n) is 14.9. The lowest BCUT2D eigenvalue weighted by Gasteiger charge is -2.28. The zero-order valence-corrected chi connectivity index (χ0v) is 31.3. The van der Waals surface area contributed by atoms with Gasteiger partial charge in [-0.15, -0.1) is 0 Å². The fourth-order valence-corrected chi connectivity index (χ4v) is 8.99. The molecule has 57 heavy (non-hydrogen) atoms. The lowest BCUT2D eigenvalue weighted by Crippen LogP contribution is -2.11. The molecule has 0 aromatic heterocycles. The first-order valence-corrected chi connectivity index (χ1v) is 19.7. The molecule has 266 valence electrons. The second-order valence-corrected chi connectivity index (χ2v) is 14.9. The van der Waals surface area contributed by atoms with Crippen molar-refractivity contribution in [3.63, 3.8) is 0 Å². The predicted molar refractivity (Wildman–Crippen MR) is 245 cm³/mol. The summed E-state index contributed by atoms with van der Waals surface area (Å²) in [6, 6.07) is 82.0. The van der Waals surface area contributed by atoms with Gasteiger partial charge < -0.3 is 4.90 Å². The van der Waals surface area contributed by atoms with Crippen LogP contribution in [0.1, 0.15) is 0 Å². The Morgan fingerprint density at radius 2 is 0.684 bits per heavy atom. The molecule has 0 atom stereocenters. The minimum atomic E-state index is 1.10. The number of fused-ring (bicyclic) bond motifs is 8. The summed E-state index contributed by atoms with van der Waals surface area (Å²) in [5, 5.41) is 12.6. The van der Waals surface area contributed by atoms with Gasteiger partial charge in [-0.25, -0.2) is 0 Å². The van der Waals surface area contributed by atoms with E-state index in [2.05, 4.69) is 229 Å². The Morgan fingerprint density at radius 1 is 0.246 bits per heavy atom. The third-order valence-corrected chi connectivity index (χ3v) is 11.6. The van der Waals surface area contributed by atoms with Gasteiger partial charge in [0.05, 0.1) is 5.69 Å². The lowest BCUT2D eigenvalue weighted by atomic mass is 9.92. The van der Waals surface area contributed by atoms with E-state index in [1.165, 1.54) is 87.2 Å². The summed E-state index contributed by atoms with van der Waals surface area (Å²) < 4.78 is 0. The first-order valence-electron chi connectivity index (χ1n) is 19.7. The van der Waals surface area contributed by atoms with Gasteiger partial charge in [-0.1, -0.05) is 188 Å². The Labute approximate surface area is 332 Å². The quantitative estimate of drug-likeness (QED) is 0.154. The third kappa shape index (κ3) is 5.63. The standard InChI is InChI=1S/C56H37N/c1-3-22-46-39(14-1)16-11-28-48(46)42-19-9-18-41(36-42)38-32-34-44(35-33-38)57(45-21-10-20-43(37-45)49-29-12-17-40-15-2-4-23-47(40)49)55-31-13-30-54-52-25-6-5-24-50(52)51-26-7-8-27-53(51)56(54)55/h1-37H. The summed E-state index contributed by atoms with van der Waals surface area (Å²) in [5.74, 6) is 0. The lowest BCUT2D eigenvalue weighted by molar-refractivity contribution is 1.30. The highest BCUT2D eigenvalue weighted by Crippen LogP contribution is 2.46. The predicted octanol–water partition coefficient (Wildman–Crippen LogP) is 15.9. The fourth-order valence-electron chi connectivity index (χ4n) is 8.99.